The Morgan fingerprint density at radius 3 is 2.50 bits per heavy atom. The van der Waals surface area contributed by atoms with Crippen molar-refractivity contribution >= 4 is 21.4 Å². The highest BCUT2D eigenvalue weighted by Gasteiger charge is 2.30. The average Bonchev–Trinajstić information content (AvgIpc) is 3.37. The molecule has 184 valence electrons. The fourth-order valence-electron chi connectivity index (χ4n) is 4.52. The third-order valence-electron chi connectivity index (χ3n) is 6.61. The number of imidazole rings is 1. The molecule has 1 N–H and O–H groups in total. The number of carbonyl (C=O) groups is 1. The third kappa shape index (κ3) is 4.52. The molecule has 0 spiro atoms. The summed E-state index contributed by atoms with van der Waals surface area (Å²) in [5.74, 6) is -0.207. The predicted molar refractivity (Wildman–Crippen MR) is 135 cm³/mol. The number of aromatic nitrogens is 3. The van der Waals surface area contributed by atoms with Gasteiger partial charge in [0, 0.05) is 35.5 Å². The van der Waals surface area contributed by atoms with Gasteiger partial charge in [-0.2, -0.15) is 0 Å². The molecule has 2 aromatic heterocycles. The molecule has 3 heterocycles. The van der Waals surface area contributed by atoms with Gasteiger partial charge < -0.3 is 10.1 Å². The molecule has 2 aliphatic rings. The second kappa shape index (κ2) is 9.15. The Balaban J connectivity index is 1.43. The number of hydrogen-bond acceptors (Lipinski definition) is 6. The number of rotatable bonds is 7. The molecule has 36 heavy (non-hydrogen) atoms. The molecule has 0 unspecified atom stereocenters. The minimum absolute atomic E-state index is 0.0500. The molecule has 2 fully saturated rings. The summed E-state index contributed by atoms with van der Waals surface area (Å²) in [4.78, 5) is 21.4. The van der Waals surface area contributed by atoms with Gasteiger partial charge in [0.2, 0.25) is 9.84 Å². The maximum Gasteiger partial charge on any atom is 0.251 e. The van der Waals surface area contributed by atoms with Crippen molar-refractivity contribution < 1.29 is 17.9 Å². The van der Waals surface area contributed by atoms with Gasteiger partial charge >= 0.3 is 0 Å². The number of nitrogens with one attached hydrogen (secondary N) is 1. The Hall–Kier alpha value is -3.56. The molecule has 6 rings (SSSR count). The standard InChI is InChI=1S/C27H26N4O4S/c32-26(29-21-12-13-21)20-10-8-19(9-11-20)24-15-28-25-27(36(33,34)17-22-7-4-14-35-22)30-23(16-31(24)25)18-5-2-1-3-6-18/h1-3,5-6,8-11,15-16,21-22H,4,7,12-14,17H2,(H,29,32)/t22-/m1/s1. The Kier molecular flexibility index (Phi) is 5.81. The van der Waals surface area contributed by atoms with Crippen LogP contribution < -0.4 is 5.32 Å². The topological polar surface area (TPSA) is 103 Å². The highest BCUT2D eigenvalue weighted by Crippen LogP contribution is 2.29. The van der Waals surface area contributed by atoms with Crippen molar-refractivity contribution in [3.05, 3.63) is 72.6 Å². The lowest BCUT2D eigenvalue weighted by Gasteiger charge is -2.13. The van der Waals surface area contributed by atoms with E-state index in [0.717, 1.165) is 30.4 Å². The quantitative estimate of drug-likeness (QED) is 0.411. The molecule has 1 aliphatic carbocycles. The summed E-state index contributed by atoms with van der Waals surface area (Å²) in [6.45, 7) is 0.579. The van der Waals surface area contributed by atoms with Crippen molar-refractivity contribution in [2.24, 2.45) is 0 Å². The van der Waals surface area contributed by atoms with E-state index in [9.17, 15) is 13.2 Å². The van der Waals surface area contributed by atoms with Crippen LogP contribution in [0.3, 0.4) is 0 Å². The van der Waals surface area contributed by atoms with Crippen LogP contribution in [-0.2, 0) is 14.6 Å². The summed E-state index contributed by atoms with van der Waals surface area (Å²) in [7, 11) is -3.77. The lowest BCUT2D eigenvalue weighted by molar-refractivity contribution is 0.0951. The van der Waals surface area contributed by atoms with Gasteiger partial charge in [-0.25, -0.2) is 18.4 Å². The van der Waals surface area contributed by atoms with E-state index in [4.69, 9.17) is 4.74 Å². The van der Waals surface area contributed by atoms with Crippen LogP contribution in [0.4, 0.5) is 0 Å². The van der Waals surface area contributed by atoms with Gasteiger partial charge in [0.25, 0.3) is 5.91 Å². The molecule has 0 radical (unpaired) electrons. The van der Waals surface area contributed by atoms with Crippen LogP contribution in [0.25, 0.3) is 28.2 Å². The maximum atomic E-state index is 13.5. The summed E-state index contributed by atoms with van der Waals surface area (Å²) in [5.41, 5.74) is 3.74. The number of fused-ring (bicyclic) bond motifs is 1. The van der Waals surface area contributed by atoms with Crippen molar-refractivity contribution in [1.82, 2.24) is 19.7 Å². The monoisotopic (exact) mass is 502 g/mol. The minimum Gasteiger partial charge on any atom is -0.377 e. The van der Waals surface area contributed by atoms with Crippen molar-refractivity contribution in [3.8, 4) is 22.5 Å². The molecular weight excluding hydrogens is 476 g/mol. The SMILES string of the molecule is O=C(NC1CC1)c1ccc(-c2cnc3c(S(=O)(=O)C[C@H]4CCCO4)nc(-c4ccccc4)cn23)cc1. The number of amides is 1. The van der Waals surface area contributed by atoms with E-state index < -0.39 is 9.84 Å². The van der Waals surface area contributed by atoms with Crippen LogP contribution in [-0.4, -0.2) is 53.2 Å². The van der Waals surface area contributed by atoms with E-state index in [2.05, 4.69) is 15.3 Å². The first-order valence-electron chi connectivity index (χ1n) is 12.2. The summed E-state index contributed by atoms with van der Waals surface area (Å²) in [6.07, 6.45) is 6.76. The van der Waals surface area contributed by atoms with E-state index >= 15 is 0 Å². The van der Waals surface area contributed by atoms with E-state index in [1.54, 1.807) is 22.7 Å². The number of nitrogens with zero attached hydrogens (tertiary/aromatic N) is 3. The largest absolute Gasteiger partial charge is 0.377 e. The number of sulfone groups is 1. The highest BCUT2D eigenvalue weighted by molar-refractivity contribution is 7.91. The smallest absolute Gasteiger partial charge is 0.251 e. The van der Waals surface area contributed by atoms with Gasteiger partial charge in [-0.05, 0) is 37.8 Å². The highest BCUT2D eigenvalue weighted by atomic mass is 32.2. The van der Waals surface area contributed by atoms with Crippen LogP contribution >= 0.6 is 0 Å². The number of carbonyl (C=O) groups excluding carboxylic acids is 1. The van der Waals surface area contributed by atoms with Crippen LogP contribution in [0.2, 0.25) is 0 Å². The van der Waals surface area contributed by atoms with Gasteiger partial charge in [0.15, 0.2) is 10.7 Å². The fraction of sp³-hybridized carbons (Fsp3) is 0.296. The van der Waals surface area contributed by atoms with Crippen LogP contribution in [0.5, 0.6) is 0 Å². The Labute approximate surface area is 209 Å². The van der Waals surface area contributed by atoms with Crippen molar-refractivity contribution in [2.45, 2.75) is 42.9 Å². The van der Waals surface area contributed by atoms with E-state index in [1.807, 2.05) is 48.7 Å². The van der Waals surface area contributed by atoms with Crippen LogP contribution in [0.1, 0.15) is 36.0 Å². The Morgan fingerprint density at radius 2 is 1.81 bits per heavy atom. The molecule has 1 aliphatic heterocycles. The van der Waals surface area contributed by atoms with Gasteiger partial charge in [-0.1, -0.05) is 42.5 Å². The summed E-state index contributed by atoms with van der Waals surface area (Å²) in [5, 5.41) is 2.94. The molecule has 1 saturated carbocycles. The molecular formula is C27H26N4O4S. The first kappa shape index (κ1) is 22.9. The second-order valence-corrected chi connectivity index (χ2v) is 11.3. The number of ether oxygens (including phenoxy) is 1. The maximum absolute atomic E-state index is 13.5. The van der Waals surface area contributed by atoms with Crippen molar-refractivity contribution in [2.75, 3.05) is 12.4 Å². The van der Waals surface area contributed by atoms with Gasteiger partial charge in [-0.15, -0.1) is 0 Å². The number of hydrogen-bond donors (Lipinski definition) is 1. The van der Waals surface area contributed by atoms with Crippen LogP contribution in [0.15, 0.2) is 72.0 Å². The third-order valence-corrected chi connectivity index (χ3v) is 8.28. The van der Waals surface area contributed by atoms with Crippen LogP contribution in [0, 0.1) is 0 Å². The lowest BCUT2D eigenvalue weighted by atomic mass is 10.1. The van der Waals surface area contributed by atoms with Crippen molar-refractivity contribution in [3.63, 3.8) is 0 Å². The molecule has 9 heteroatoms. The Morgan fingerprint density at radius 1 is 1.03 bits per heavy atom. The van der Waals surface area contributed by atoms with Crippen molar-refractivity contribution in [1.29, 1.82) is 0 Å². The zero-order chi connectivity index (χ0) is 24.7. The predicted octanol–water partition coefficient (Wildman–Crippen LogP) is 3.91. The van der Waals surface area contributed by atoms with E-state index in [-0.39, 0.29) is 34.5 Å². The minimum atomic E-state index is -3.77. The zero-order valence-corrected chi connectivity index (χ0v) is 20.4. The van der Waals surface area contributed by atoms with E-state index in [0.29, 0.717) is 30.0 Å². The molecule has 1 saturated heterocycles. The zero-order valence-electron chi connectivity index (χ0n) is 19.6. The first-order valence-corrected chi connectivity index (χ1v) is 13.8. The molecule has 8 nitrogen and oxygen atoms in total. The summed E-state index contributed by atoms with van der Waals surface area (Å²) in [6, 6.07) is 17.0. The molecule has 2 aromatic carbocycles. The molecule has 4 aromatic rings. The lowest BCUT2D eigenvalue weighted by Crippen LogP contribution is -2.25. The molecule has 1 atom stereocenters. The summed E-state index contributed by atoms with van der Waals surface area (Å²) < 4.78 is 34.4. The van der Waals surface area contributed by atoms with Gasteiger partial charge in [0.1, 0.15) is 0 Å². The van der Waals surface area contributed by atoms with Gasteiger partial charge in [-0.3, -0.25) is 9.20 Å². The average molecular weight is 503 g/mol. The second-order valence-electron chi connectivity index (χ2n) is 9.38. The number of benzene rings is 2. The Bertz CT molecular complexity index is 1520. The fourth-order valence-corrected chi connectivity index (χ4v) is 6.10. The normalized spacial score (nSPS) is 17.9. The van der Waals surface area contributed by atoms with E-state index in [1.165, 1.54) is 0 Å². The molecule has 0 bridgehead atoms. The molecule has 1 amide bonds. The first-order chi connectivity index (χ1) is 17.5. The van der Waals surface area contributed by atoms with Gasteiger partial charge in [0.05, 0.1) is 29.4 Å². The summed E-state index contributed by atoms with van der Waals surface area (Å²) >= 11 is 0.